The third-order valence-electron chi connectivity index (χ3n) is 5.12. The summed E-state index contributed by atoms with van der Waals surface area (Å²) in [5, 5.41) is 18.0. The first-order valence-electron chi connectivity index (χ1n) is 9.98. The Morgan fingerprint density at radius 3 is 2.45 bits per heavy atom. The summed E-state index contributed by atoms with van der Waals surface area (Å²) in [6.07, 6.45) is 3.79. The molecule has 0 spiro atoms. The van der Waals surface area contributed by atoms with Crippen LogP contribution < -0.4 is 10.2 Å². The summed E-state index contributed by atoms with van der Waals surface area (Å²) in [7, 11) is 0. The molecule has 2 aromatic heterocycles. The van der Waals surface area contributed by atoms with E-state index in [4.69, 9.17) is 4.74 Å². The monoisotopic (exact) mass is 422 g/mol. The zero-order chi connectivity index (χ0) is 21.8. The van der Waals surface area contributed by atoms with Crippen molar-refractivity contribution in [1.82, 2.24) is 14.8 Å². The van der Waals surface area contributed by atoms with Crippen molar-refractivity contribution in [3.63, 3.8) is 0 Å². The van der Waals surface area contributed by atoms with E-state index in [9.17, 15) is 14.9 Å². The summed E-state index contributed by atoms with van der Waals surface area (Å²) in [6, 6.07) is 9.74. The quantitative estimate of drug-likeness (QED) is 0.480. The van der Waals surface area contributed by atoms with Crippen molar-refractivity contribution in [2.24, 2.45) is 0 Å². The van der Waals surface area contributed by atoms with E-state index in [0.717, 1.165) is 18.8 Å². The zero-order valence-electron chi connectivity index (χ0n) is 17.0. The molecular formula is C21H22N6O4. The molecule has 3 aromatic rings. The second-order valence-corrected chi connectivity index (χ2v) is 7.00. The Labute approximate surface area is 178 Å². The van der Waals surface area contributed by atoms with E-state index in [-0.39, 0.29) is 11.6 Å². The lowest BCUT2D eigenvalue weighted by Crippen LogP contribution is -2.36. The van der Waals surface area contributed by atoms with Crippen LogP contribution in [0.5, 0.6) is 0 Å². The van der Waals surface area contributed by atoms with E-state index in [1.807, 2.05) is 13.0 Å². The van der Waals surface area contributed by atoms with Crippen LogP contribution in [0.3, 0.4) is 0 Å². The summed E-state index contributed by atoms with van der Waals surface area (Å²) in [4.78, 5) is 29.8. The number of anilines is 2. The van der Waals surface area contributed by atoms with Crippen molar-refractivity contribution in [3.05, 3.63) is 70.2 Å². The largest absolute Gasteiger partial charge is 0.378 e. The van der Waals surface area contributed by atoms with Gasteiger partial charge in [0.1, 0.15) is 5.82 Å². The van der Waals surface area contributed by atoms with Crippen LogP contribution in [-0.2, 0) is 11.2 Å². The van der Waals surface area contributed by atoms with Gasteiger partial charge in [-0.2, -0.15) is 5.10 Å². The van der Waals surface area contributed by atoms with E-state index < -0.39 is 4.92 Å². The molecule has 1 aromatic carbocycles. The lowest BCUT2D eigenvalue weighted by atomic mass is 10.2. The lowest BCUT2D eigenvalue weighted by molar-refractivity contribution is -0.384. The lowest BCUT2D eigenvalue weighted by Gasteiger charge is -2.28. The molecule has 4 rings (SSSR count). The summed E-state index contributed by atoms with van der Waals surface area (Å²) in [5.74, 6) is 0.142. The van der Waals surface area contributed by atoms with Gasteiger partial charge in [-0.25, -0.2) is 9.67 Å². The number of carbonyl (C=O) groups is 1. The number of morpholine rings is 1. The van der Waals surface area contributed by atoms with Crippen LogP contribution in [0.25, 0.3) is 5.69 Å². The van der Waals surface area contributed by atoms with Gasteiger partial charge in [-0.1, -0.05) is 6.92 Å². The number of ether oxygens (including phenoxy) is 1. The standard InChI is InChI=1S/C21H22N6O4/c1-2-19-18(14-23-26(19)15-3-5-16(6-4-15)27(29)30)21(28)24-20-8-7-17(13-22-20)25-9-11-31-12-10-25/h3-8,13-14H,2,9-12H2,1H3,(H,22,24,28). The highest BCUT2D eigenvalue weighted by atomic mass is 16.6. The molecule has 0 aliphatic carbocycles. The predicted molar refractivity (Wildman–Crippen MR) is 115 cm³/mol. The highest BCUT2D eigenvalue weighted by molar-refractivity contribution is 6.04. The molecule has 0 atom stereocenters. The Bertz CT molecular complexity index is 1070. The number of benzene rings is 1. The first-order chi connectivity index (χ1) is 15.1. The Hall–Kier alpha value is -3.79. The van der Waals surface area contributed by atoms with Gasteiger partial charge >= 0.3 is 0 Å². The van der Waals surface area contributed by atoms with E-state index >= 15 is 0 Å². The fourth-order valence-corrected chi connectivity index (χ4v) is 3.49. The van der Waals surface area contributed by atoms with Crippen LogP contribution in [-0.4, -0.2) is 51.9 Å². The maximum Gasteiger partial charge on any atom is 0.269 e. The maximum atomic E-state index is 12.8. The molecular weight excluding hydrogens is 400 g/mol. The molecule has 3 heterocycles. The summed E-state index contributed by atoms with van der Waals surface area (Å²) in [5.41, 5.74) is 2.77. The van der Waals surface area contributed by atoms with E-state index in [1.54, 1.807) is 29.1 Å². The summed E-state index contributed by atoms with van der Waals surface area (Å²) in [6.45, 7) is 4.93. The third kappa shape index (κ3) is 4.38. The van der Waals surface area contributed by atoms with Crippen LogP contribution in [0.2, 0.25) is 0 Å². The average Bonchev–Trinajstić information content (AvgIpc) is 3.24. The minimum absolute atomic E-state index is 0.00137. The van der Waals surface area contributed by atoms with Gasteiger partial charge in [0.15, 0.2) is 0 Å². The van der Waals surface area contributed by atoms with Crippen LogP contribution in [0.1, 0.15) is 23.0 Å². The second kappa shape index (κ2) is 8.92. The first kappa shape index (κ1) is 20.5. The number of nitro groups is 1. The number of carbonyl (C=O) groups excluding carboxylic acids is 1. The number of nitrogens with one attached hydrogen (secondary N) is 1. The van der Waals surface area contributed by atoms with Gasteiger partial charge in [0.2, 0.25) is 0 Å². The normalized spacial score (nSPS) is 13.8. The SMILES string of the molecule is CCc1c(C(=O)Nc2ccc(N3CCOCC3)cn2)cnn1-c1ccc([N+](=O)[O-])cc1. The highest BCUT2D eigenvalue weighted by Gasteiger charge is 2.19. The number of hydrogen-bond donors (Lipinski definition) is 1. The number of aromatic nitrogens is 3. The van der Waals surface area contributed by atoms with Gasteiger partial charge in [0.25, 0.3) is 11.6 Å². The summed E-state index contributed by atoms with van der Waals surface area (Å²) < 4.78 is 6.98. The van der Waals surface area contributed by atoms with E-state index in [1.165, 1.54) is 18.3 Å². The molecule has 0 unspecified atom stereocenters. The molecule has 1 aliphatic rings. The van der Waals surface area contributed by atoms with Crippen LogP contribution in [0.4, 0.5) is 17.2 Å². The molecule has 1 fully saturated rings. The number of nitro benzene ring substituents is 1. The molecule has 31 heavy (non-hydrogen) atoms. The number of hydrogen-bond acceptors (Lipinski definition) is 7. The summed E-state index contributed by atoms with van der Waals surface area (Å²) >= 11 is 0. The minimum atomic E-state index is -0.455. The fraction of sp³-hybridized carbons (Fsp3) is 0.286. The smallest absolute Gasteiger partial charge is 0.269 e. The molecule has 0 radical (unpaired) electrons. The molecule has 1 saturated heterocycles. The number of rotatable bonds is 6. The molecule has 1 amide bonds. The first-order valence-corrected chi connectivity index (χ1v) is 9.98. The van der Waals surface area contributed by atoms with Crippen LogP contribution in [0.15, 0.2) is 48.8 Å². The number of amides is 1. The van der Waals surface area contributed by atoms with E-state index in [0.29, 0.717) is 42.4 Å². The molecule has 1 N–H and O–H groups in total. The van der Waals surface area contributed by atoms with Crippen molar-refractivity contribution in [1.29, 1.82) is 0 Å². The number of pyridine rings is 1. The van der Waals surface area contributed by atoms with Crippen molar-refractivity contribution in [2.45, 2.75) is 13.3 Å². The van der Waals surface area contributed by atoms with Crippen LogP contribution in [0, 0.1) is 10.1 Å². The average molecular weight is 422 g/mol. The Balaban J connectivity index is 1.50. The molecule has 160 valence electrons. The topological polar surface area (TPSA) is 115 Å². The van der Waals surface area contributed by atoms with Crippen molar-refractivity contribution < 1.29 is 14.5 Å². The zero-order valence-corrected chi connectivity index (χ0v) is 17.0. The predicted octanol–water partition coefficient (Wildman–Crippen LogP) is 2.83. The van der Waals surface area contributed by atoms with Gasteiger partial charge in [-0.05, 0) is 30.7 Å². The second-order valence-electron chi connectivity index (χ2n) is 7.00. The molecule has 0 saturated carbocycles. The number of nitrogens with zero attached hydrogens (tertiary/aromatic N) is 5. The molecule has 1 aliphatic heterocycles. The Morgan fingerprint density at radius 1 is 1.13 bits per heavy atom. The third-order valence-corrected chi connectivity index (χ3v) is 5.12. The van der Waals surface area contributed by atoms with Crippen molar-refractivity contribution in [3.8, 4) is 5.69 Å². The molecule has 10 nitrogen and oxygen atoms in total. The van der Waals surface area contributed by atoms with Crippen molar-refractivity contribution in [2.75, 3.05) is 36.5 Å². The fourth-order valence-electron chi connectivity index (χ4n) is 3.49. The van der Waals surface area contributed by atoms with Crippen molar-refractivity contribution >= 4 is 23.1 Å². The van der Waals surface area contributed by atoms with Gasteiger partial charge in [0, 0.05) is 25.2 Å². The van der Waals surface area contributed by atoms with E-state index in [2.05, 4.69) is 20.3 Å². The molecule has 0 bridgehead atoms. The maximum absolute atomic E-state index is 12.8. The highest BCUT2D eigenvalue weighted by Crippen LogP contribution is 2.21. The van der Waals surface area contributed by atoms with Gasteiger partial charge in [0.05, 0.1) is 53.2 Å². The van der Waals surface area contributed by atoms with Crippen LogP contribution >= 0.6 is 0 Å². The van der Waals surface area contributed by atoms with Gasteiger partial charge in [-0.3, -0.25) is 14.9 Å². The number of non-ortho nitro benzene ring substituents is 1. The minimum Gasteiger partial charge on any atom is -0.378 e. The van der Waals surface area contributed by atoms with Gasteiger partial charge in [-0.15, -0.1) is 0 Å². The Kier molecular flexibility index (Phi) is 5.89. The molecule has 10 heteroatoms. The Morgan fingerprint density at radius 2 is 1.84 bits per heavy atom. The van der Waals surface area contributed by atoms with Gasteiger partial charge < -0.3 is 15.0 Å².